The van der Waals surface area contributed by atoms with Crippen LogP contribution < -0.4 is 5.73 Å². The van der Waals surface area contributed by atoms with Crippen molar-refractivity contribution < 1.29 is 8.42 Å². The number of hydrogen-bond donors (Lipinski definition) is 1. The quantitative estimate of drug-likeness (QED) is 0.748. The summed E-state index contributed by atoms with van der Waals surface area (Å²) in [4.78, 5) is 3.70. The fourth-order valence-corrected chi connectivity index (χ4v) is 1.79. The second-order valence-electron chi connectivity index (χ2n) is 3.28. The Kier molecular flexibility index (Phi) is 3.10. The van der Waals surface area contributed by atoms with Gasteiger partial charge in [0.15, 0.2) is 9.84 Å². The van der Waals surface area contributed by atoms with Crippen molar-refractivity contribution in [2.24, 2.45) is 0 Å². The molecule has 0 radical (unpaired) electrons. The van der Waals surface area contributed by atoms with E-state index in [1.165, 1.54) is 11.0 Å². The van der Waals surface area contributed by atoms with Gasteiger partial charge in [-0.2, -0.15) is 0 Å². The van der Waals surface area contributed by atoms with E-state index in [1.807, 2.05) is 0 Å². The van der Waals surface area contributed by atoms with Crippen LogP contribution in [-0.4, -0.2) is 34.2 Å². The lowest BCUT2D eigenvalue weighted by molar-refractivity contribution is 0.573. The van der Waals surface area contributed by atoms with Gasteiger partial charge in [-0.05, 0) is 13.8 Å². The fraction of sp³-hybridized carbons (Fsp3) is 0.714. The molecular formula is C7H14N4O2S. The minimum absolute atomic E-state index is 0.0630. The molecule has 14 heavy (non-hydrogen) atoms. The van der Waals surface area contributed by atoms with Crippen molar-refractivity contribution in [3.63, 3.8) is 0 Å². The number of aromatic nitrogens is 3. The second kappa shape index (κ2) is 3.95. The maximum atomic E-state index is 11.4. The highest BCUT2D eigenvalue weighted by molar-refractivity contribution is 7.91. The van der Waals surface area contributed by atoms with E-state index in [1.54, 1.807) is 13.8 Å². The fourth-order valence-electron chi connectivity index (χ4n) is 0.873. The number of anilines is 1. The summed E-state index contributed by atoms with van der Waals surface area (Å²) in [5, 5.41) is 3.43. The number of aryl methyl sites for hydroxylation is 1. The van der Waals surface area contributed by atoms with Crippen LogP contribution >= 0.6 is 0 Å². The summed E-state index contributed by atoms with van der Waals surface area (Å²) in [5.74, 6) is 0.222. The van der Waals surface area contributed by atoms with Crippen LogP contribution in [0.1, 0.15) is 13.8 Å². The Morgan fingerprint density at radius 3 is 2.64 bits per heavy atom. The van der Waals surface area contributed by atoms with E-state index >= 15 is 0 Å². The highest BCUT2D eigenvalue weighted by Crippen LogP contribution is 2.01. The minimum atomic E-state index is -3.02. The molecule has 0 aromatic carbocycles. The van der Waals surface area contributed by atoms with E-state index < -0.39 is 9.84 Å². The standard InChI is InChI=1S/C7H14N4O2S/c1-6(2)14(12,13)4-3-11-5-9-7(8)10-11/h5-6H,3-4H2,1-2H3,(H2,8,10). The largest absolute Gasteiger partial charge is 0.367 e. The van der Waals surface area contributed by atoms with Crippen LogP contribution in [0, 0.1) is 0 Å². The number of nitrogens with two attached hydrogens (primary N) is 1. The number of nitrogens with zero attached hydrogens (tertiary/aromatic N) is 3. The molecule has 0 saturated heterocycles. The van der Waals surface area contributed by atoms with Gasteiger partial charge in [0.2, 0.25) is 5.95 Å². The van der Waals surface area contributed by atoms with Crippen LogP contribution in [0.5, 0.6) is 0 Å². The SMILES string of the molecule is CC(C)S(=O)(=O)CCn1cnc(N)n1. The third-order valence-electron chi connectivity index (χ3n) is 1.88. The highest BCUT2D eigenvalue weighted by atomic mass is 32.2. The molecule has 1 heterocycles. The van der Waals surface area contributed by atoms with E-state index in [0.29, 0.717) is 6.54 Å². The van der Waals surface area contributed by atoms with E-state index in [2.05, 4.69) is 10.1 Å². The molecule has 6 nitrogen and oxygen atoms in total. The van der Waals surface area contributed by atoms with Gasteiger partial charge in [-0.15, -0.1) is 5.10 Å². The Labute approximate surface area is 83.0 Å². The van der Waals surface area contributed by atoms with Gasteiger partial charge in [-0.3, -0.25) is 0 Å². The van der Waals surface area contributed by atoms with Gasteiger partial charge in [0.1, 0.15) is 6.33 Å². The summed E-state index contributed by atoms with van der Waals surface area (Å²) in [6.07, 6.45) is 1.42. The molecule has 0 aliphatic rings. The van der Waals surface area contributed by atoms with Crippen molar-refractivity contribution in [1.29, 1.82) is 0 Å². The predicted molar refractivity (Wildman–Crippen MR) is 53.4 cm³/mol. The molecule has 0 fully saturated rings. The van der Waals surface area contributed by atoms with Crippen molar-refractivity contribution in [1.82, 2.24) is 14.8 Å². The van der Waals surface area contributed by atoms with Gasteiger partial charge in [0.25, 0.3) is 0 Å². The molecule has 7 heteroatoms. The Bertz CT molecular complexity index is 396. The van der Waals surface area contributed by atoms with Crippen LogP contribution in [0.25, 0.3) is 0 Å². The Morgan fingerprint density at radius 1 is 1.57 bits per heavy atom. The molecule has 80 valence electrons. The molecule has 0 atom stereocenters. The molecule has 2 N–H and O–H groups in total. The van der Waals surface area contributed by atoms with Gasteiger partial charge in [0, 0.05) is 0 Å². The summed E-state index contributed by atoms with van der Waals surface area (Å²) in [7, 11) is -3.02. The number of sulfone groups is 1. The van der Waals surface area contributed by atoms with Crippen LogP contribution in [-0.2, 0) is 16.4 Å². The summed E-state index contributed by atoms with van der Waals surface area (Å²) in [6.45, 7) is 3.61. The third-order valence-corrected chi connectivity index (χ3v) is 4.07. The molecule has 0 bridgehead atoms. The Hall–Kier alpha value is -1.11. The summed E-state index contributed by atoms with van der Waals surface area (Å²) >= 11 is 0. The van der Waals surface area contributed by atoms with Crippen LogP contribution in [0.2, 0.25) is 0 Å². The molecule has 0 aliphatic carbocycles. The summed E-state index contributed by atoms with van der Waals surface area (Å²) < 4.78 is 24.3. The van der Waals surface area contributed by atoms with Crippen molar-refractivity contribution in [2.75, 3.05) is 11.5 Å². The van der Waals surface area contributed by atoms with Crippen molar-refractivity contribution in [2.45, 2.75) is 25.6 Å². The molecule has 0 saturated carbocycles. The van der Waals surface area contributed by atoms with Gasteiger partial charge >= 0.3 is 0 Å². The maximum absolute atomic E-state index is 11.4. The molecule has 0 amide bonds. The van der Waals surface area contributed by atoms with Gasteiger partial charge in [-0.25, -0.2) is 18.1 Å². The summed E-state index contributed by atoms with van der Waals surface area (Å²) in [5.41, 5.74) is 5.29. The first kappa shape index (κ1) is 11.0. The zero-order valence-corrected chi connectivity index (χ0v) is 9.03. The van der Waals surface area contributed by atoms with E-state index in [-0.39, 0.29) is 17.0 Å². The van der Waals surface area contributed by atoms with E-state index in [4.69, 9.17) is 5.73 Å². The molecule has 1 rings (SSSR count). The van der Waals surface area contributed by atoms with Gasteiger partial charge in [0.05, 0.1) is 17.5 Å². The van der Waals surface area contributed by atoms with Gasteiger partial charge in [-0.1, -0.05) is 0 Å². The van der Waals surface area contributed by atoms with Crippen molar-refractivity contribution in [3.05, 3.63) is 6.33 Å². The van der Waals surface area contributed by atoms with Crippen molar-refractivity contribution in [3.8, 4) is 0 Å². The highest BCUT2D eigenvalue weighted by Gasteiger charge is 2.15. The zero-order valence-electron chi connectivity index (χ0n) is 8.21. The average molecular weight is 218 g/mol. The predicted octanol–water partition coefficient (Wildman–Crippen LogP) is -0.317. The molecule has 0 unspecified atom stereocenters. The van der Waals surface area contributed by atoms with Crippen molar-refractivity contribution >= 4 is 15.8 Å². The minimum Gasteiger partial charge on any atom is -0.367 e. The lowest BCUT2D eigenvalue weighted by atomic mass is 10.6. The Morgan fingerprint density at radius 2 is 2.21 bits per heavy atom. The number of hydrogen-bond acceptors (Lipinski definition) is 5. The molecular weight excluding hydrogens is 204 g/mol. The Balaban J connectivity index is 2.57. The smallest absolute Gasteiger partial charge is 0.239 e. The lowest BCUT2D eigenvalue weighted by Crippen LogP contribution is -2.21. The van der Waals surface area contributed by atoms with E-state index in [0.717, 1.165) is 0 Å². The second-order valence-corrected chi connectivity index (χ2v) is 5.96. The summed E-state index contributed by atoms with van der Waals surface area (Å²) in [6, 6.07) is 0. The average Bonchev–Trinajstić information content (AvgIpc) is 2.48. The van der Waals surface area contributed by atoms with Crippen LogP contribution in [0.4, 0.5) is 5.95 Å². The van der Waals surface area contributed by atoms with E-state index in [9.17, 15) is 8.42 Å². The zero-order chi connectivity index (χ0) is 10.8. The maximum Gasteiger partial charge on any atom is 0.239 e. The number of rotatable bonds is 4. The lowest BCUT2D eigenvalue weighted by Gasteiger charge is -2.06. The monoisotopic (exact) mass is 218 g/mol. The molecule has 1 aromatic rings. The van der Waals surface area contributed by atoms with Crippen LogP contribution in [0.15, 0.2) is 6.33 Å². The molecule has 1 aromatic heterocycles. The first-order valence-corrected chi connectivity index (χ1v) is 6.00. The molecule has 0 aliphatic heterocycles. The third kappa shape index (κ3) is 2.69. The van der Waals surface area contributed by atoms with Gasteiger partial charge < -0.3 is 5.73 Å². The molecule has 0 spiro atoms. The first-order chi connectivity index (χ1) is 6.42. The normalized spacial score (nSPS) is 12.2. The topological polar surface area (TPSA) is 90.9 Å². The first-order valence-electron chi connectivity index (χ1n) is 4.28. The van der Waals surface area contributed by atoms with Crippen LogP contribution in [0.3, 0.4) is 0 Å². The number of nitrogen functional groups attached to an aromatic ring is 1.